The smallest absolute Gasteiger partial charge is 0.289 e. The molecule has 9 heteroatoms. The average molecular weight is 465 g/mol. The molecule has 1 amide bonds. The summed E-state index contributed by atoms with van der Waals surface area (Å²) >= 11 is 0. The summed E-state index contributed by atoms with van der Waals surface area (Å²) < 4.78 is 1.65. The Kier molecular flexibility index (Phi) is 7.14. The lowest BCUT2D eigenvalue weighted by molar-refractivity contribution is 0.0943. The highest BCUT2D eigenvalue weighted by atomic mass is 16.3. The van der Waals surface area contributed by atoms with Crippen molar-refractivity contribution >= 4 is 5.91 Å². The highest BCUT2D eigenvalue weighted by molar-refractivity contribution is 5.92. The molecule has 34 heavy (non-hydrogen) atoms. The maximum Gasteiger partial charge on any atom is 0.289 e. The van der Waals surface area contributed by atoms with Gasteiger partial charge in [-0.2, -0.15) is 0 Å². The lowest BCUT2D eigenvalue weighted by atomic mass is 9.98. The lowest BCUT2D eigenvalue weighted by Crippen LogP contribution is -2.42. The number of rotatable bonds is 7. The van der Waals surface area contributed by atoms with Crippen molar-refractivity contribution in [1.29, 1.82) is 0 Å². The standard InChI is InChI=1S/C25H32N6O3/c1-4-27-25(34)24-29-28-23(20-13-19(16(2)3)21(32)14-22(20)33)31(24)18-7-5-17(6-8-18)15-30-11-9-26-10-12-30/h5-8,13-14,16,26,32-33H,4,9-12,15H2,1-3H3,(H,27,34). The van der Waals surface area contributed by atoms with Gasteiger partial charge in [0.05, 0.1) is 5.56 Å². The van der Waals surface area contributed by atoms with Crippen molar-refractivity contribution in [3.05, 3.63) is 53.3 Å². The minimum Gasteiger partial charge on any atom is -0.508 e. The molecule has 3 aromatic rings. The molecule has 0 unspecified atom stereocenters. The second-order valence-electron chi connectivity index (χ2n) is 8.82. The number of hydrogen-bond donors (Lipinski definition) is 4. The number of benzene rings is 2. The van der Waals surface area contributed by atoms with Gasteiger partial charge in [0.15, 0.2) is 5.82 Å². The minimum absolute atomic E-state index is 0.0172. The summed E-state index contributed by atoms with van der Waals surface area (Å²) in [6.07, 6.45) is 0. The van der Waals surface area contributed by atoms with Gasteiger partial charge >= 0.3 is 0 Å². The summed E-state index contributed by atoms with van der Waals surface area (Å²) in [5, 5.41) is 35.5. The van der Waals surface area contributed by atoms with Crippen LogP contribution in [0.4, 0.5) is 0 Å². The fourth-order valence-electron chi connectivity index (χ4n) is 4.20. The summed E-state index contributed by atoms with van der Waals surface area (Å²) in [5.41, 5.74) is 2.96. The van der Waals surface area contributed by atoms with Crippen molar-refractivity contribution < 1.29 is 15.0 Å². The van der Waals surface area contributed by atoms with E-state index in [1.54, 1.807) is 10.6 Å². The number of carbonyl (C=O) groups is 1. The Morgan fingerprint density at radius 2 is 1.79 bits per heavy atom. The molecule has 180 valence electrons. The molecule has 0 bridgehead atoms. The molecule has 2 heterocycles. The van der Waals surface area contributed by atoms with Crippen molar-refractivity contribution in [2.24, 2.45) is 0 Å². The molecule has 1 aromatic heterocycles. The summed E-state index contributed by atoms with van der Waals surface area (Å²) in [6, 6.07) is 11.0. The first-order valence-corrected chi connectivity index (χ1v) is 11.7. The van der Waals surface area contributed by atoms with Crippen molar-refractivity contribution in [3.63, 3.8) is 0 Å². The molecule has 0 radical (unpaired) electrons. The van der Waals surface area contributed by atoms with Gasteiger partial charge in [-0.05, 0) is 42.2 Å². The predicted octanol–water partition coefficient (Wildman–Crippen LogP) is 2.62. The van der Waals surface area contributed by atoms with E-state index in [1.165, 1.54) is 11.6 Å². The Bertz CT molecular complexity index is 1150. The molecule has 4 rings (SSSR count). The number of hydrogen-bond acceptors (Lipinski definition) is 7. The van der Waals surface area contributed by atoms with Crippen molar-refractivity contribution in [2.75, 3.05) is 32.7 Å². The molecular weight excluding hydrogens is 432 g/mol. The first kappa shape index (κ1) is 23.7. The first-order chi connectivity index (χ1) is 16.4. The zero-order chi connectivity index (χ0) is 24.2. The number of piperazine rings is 1. The number of nitrogens with one attached hydrogen (secondary N) is 2. The van der Waals surface area contributed by atoms with Gasteiger partial charge in [-0.15, -0.1) is 10.2 Å². The van der Waals surface area contributed by atoms with Crippen LogP contribution in [0.15, 0.2) is 36.4 Å². The van der Waals surface area contributed by atoms with Crippen LogP contribution in [-0.2, 0) is 6.54 Å². The Balaban J connectivity index is 1.76. The van der Waals surface area contributed by atoms with Gasteiger partial charge in [0.25, 0.3) is 5.91 Å². The van der Waals surface area contributed by atoms with Crippen molar-refractivity contribution in [1.82, 2.24) is 30.3 Å². The van der Waals surface area contributed by atoms with E-state index in [2.05, 4.69) is 25.7 Å². The zero-order valence-electron chi connectivity index (χ0n) is 19.9. The van der Waals surface area contributed by atoms with Gasteiger partial charge < -0.3 is 20.8 Å². The third-order valence-electron chi connectivity index (χ3n) is 6.02. The minimum atomic E-state index is -0.353. The number of nitrogens with zero attached hydrogens (tertiary/aromatic N) is 4. The number of phenolic OH excluding ortho intramolecular Hbond substituents is 2. The SMILES string of the molecule is CCNC(=O)c1nnc(-c2cc(C(C)C)c(O)cc2O)n1-c1ccc(CN2CCNCC2)cc1. The quantitative estimate of drug-likeness (QED) is 0.425. The summed E-state index contributed by atoms with van der Waals surface area (Å²) in [4.78, 5) is 15.2. The van der Waals surface area contributed by atoms with Crippen LogP contribution < -0.4 is 10.6 Å². The van der Waals surface area contributed by atoms with E-state index < -0.39 is 0 Å². The predicted molar refractivity (Wildman–Crippen MR) is 130 cm³/mol. The Morgan fingerprint density at radius 3 is 2.44 bits per heavy atom. The highest BCUT2D eigenvalue weighted by Gasteiger charge is 2.24. The van der Waals surface area contributed by atoms with Crippen LogP contribution in [0.5, 0.6) is 11.5 Å². The molecule has 1 aliphatic rings. The normalized spacial score (nSPS) is 14.5. The summed E-state index contributed by atoms with van der Waals surface area (Å²) in [6.45, 7) is 11.1. The van der Waals surface area contributed by atoms with Gasteiger partial charge in [0.2, 0.25) is 5.82 Å². The van der Waals surface area contributed by atoms with Crippen LogP contribution >= 0.6 is 0 Å². The van der Waals surface area contributed by atoms with E-state index in [0.29, 0.717) is 29.2 Å². The second kappa shape index (κ2) is 10.2. The maximum absolute atomic E-state index is 12.8. The fourth-order valence-corrected chi connectivity index (χ4v) is 4.20. The van der Waals surface area contributed by atoms with E-state index in [-0.39, 0.29) is 29.1 Å². The molecule has 0 saturated carbocycles. The Morgan fingerprint density at radius 1 is 1.09 bits per heavy atom. The molecule has 1 aliphatic heterocycles. The van der Waals surface area contributed by atoms with Crippen LogP contribution in [0.1, 0.15) is 48.4 Å². The maximum atomic E-state index is 12.8. The molecule has 0 aliphatic carbocycles. The van der Waals surface area contributed by atoms with Gasteiger partial charge in [-0.25, -0.2) is 0 Å². The van der Waals surface area contributed by atoms with Gasteiger partial charge in [0.1, 0.15) is 11.5 Å². The Hall–Kier alpha value is -3.43. The van der Waals surface area contributed by atoms with Crippen LogP contribution in [0.25, 0.3) is 17.1 Å². The van der Waals surface area contributed by atoms with Crippen LogP contribution in [0.2, 0.25) is 0 Å². The second-order valence-corrected chi connectivity index (χ2v) is 8.82. The summed E-state index contributed by atoms with van der Waals surface area (Å²) in [7, 11) is 0. The molecule has 1 saturated heterocycles. The molecule has 1 fully saturated rings. The number of carbonyl (C=O) groups excluding carboxylic acids is 1. The molecule has 0 spiro atoms. The number of phenols is 2. The number of amides is 1. The van der Waals surface area contributed by atoms with Gasteiger partial charge in [-0.1, -0.05) is 26.0 Å². The molecule has 9 nitrogen and oxygen atoms in total. The molecule has 2 aromatic carbocycles. The largest absolute Gasteiger partial charge is 0.508 e. The third-order valence-corrected chi connectivity index (χ3v) is 6.02. The topological polar surface area (TPSA) is 116 Å². The fraction of sp³-hybridized carbons (Fsp3) is 0.400. The Labute approximate surface area is 199 Å². The molecular formula is C25H32N6O3. The van der Waals surface area contributed by atoms with E-state index in [1.807, 2.05) is 45.0 Å². The van der Waals surface area contributed by atoms with Crippen molar-refractivity contribution in [3.8, 4) is 28.6 Å². The number of aromatic nitrogens is 3. The summed E-state index contributed by atoms with van der Waals surface area (Å²) in [5.74, 6) is 0.0222. The van der Waals surface area contributed by atoms with Crippen molar-refractivity contribution in [2.45, 2.75) is 33.2 Å². The zero-order valence-corrected chi connectivity index (χ0v) is 19.9. The third kappa shape index (κ3) is 4.90. The highest BCUT2D eigenvalue weighted by Crippen LogP contribution is 2.38. The van der Waals surface area contributed by atoms with Gasteiger partial charge in [-0.3, -0.25) is 14.3 Å². The molecule has 0 atom stereocenters. The van der Waals surface area contributed by atoms with Crippen LogP contribution in [0.3, 0.4) is 0 Å². The average Bonchev–Trinajstić information content (AvgIpc) is 3.25. The van der Waals surface area contributed by atoms with E-state index in [4.69, 9.17) is 0 Å². The van der Waals surface area contributed by atoms with E-state index >= 15 is 0 Å². The lowest BCUT2D eigenvalue weighted by Gasteiger charge is -2.27. The van der Waals surface area contributed by atoms with Crippen LogP contribution in [0, 0.1) is 0 Å². The van der Waals surface area contributed by atoms with E-state index in [9.17, 15) is 15.0 Å². The van der Waals surface area contributed by atoms with Gasteiger partial charge in [0, 0.05) is 51.0 Å². The van der Waals surface area contributed by atoms with Crippen LogP contribution in [-0.4, -0.2) is 68.5 Å². The molecule has 4 N–H and O–H groups in total. The first-order valence-electron chi connectivity index (χ1n) is 11.7. The monoisotopic (exact) mass is 464 g/mol. The number of aromatic hydroxyl groups is 2. The van der Waals surface area contributed by atoms with E-state index in [0.717, 1.165) is 32.7 Å².